The first kappa shape index (κ1) is 10.4. The van der Waals surface area contributed by atoms with Crippen LogP contribution in [0.3, 0.4) is 0 Å². The number of hydrogen-bond donors (Lipinski definition) is 0. The highest BCUT2D eigenvalue weighted by atomic mass is 32.1. The Morgan fingerprint density at radius 3 is 2.95 bits per heavy atom. The molecule has 0 aromatic carbocycles. The standard InChI is InChI=1S/C11H8N6OS/c1-16-7(4-5-12-16)10-15-17-9(8-3-2-6-18-8)13-14-11(17)19-10/h2-6H,1H3. The molecule has 7 nitrogen and oxygen atoms in total. The lowest BCUT2D eigenvalue weighted by Crippen LogP contribution is -1.94. The average Bonchev–Trinajstić information content (AvgIpc) is 3.10. The molecular formula is C11H8N6OS. The lowest BCUT2D eigenvalue weighted by Gasteiger charge is -1.94. The van der Waals surface area contributed by atoms with Crippen LogP contribution in [0.15, 0.2) is 35.1 Å². The fraction of sp³-hybridized carbons (Fsp3) is 0.0909. The van der Waals surface area contributed by atoms with Crippen LogP contribution >= 0.6 is 11.3 Å². The Hall–Kier alpha value is -2.48. The first-order valence-corrected chi connectivity index (χ1v) is 6.39. The first-order valence-electron chi connectivity index (χ1n) is 5.57. The van der Waals surface area contributed by atoms with Crippen LogP contribution in [0.1, 0.15) is 0 Å². The summed E-state index contributed by atoms with van der Waals surface area (Å²) < 4.78 is 8.80. The van der Waals surface area contributed by atoms with Gasteiger partial charge in [0, 0.05) is 13.2 Å². The SMILES string of the molecule is Cn1nccc1-c1nn2c(-c3ccco3)nnc2s1. The van der Waals surface area contributed by atoms with Crippen molar-refractivity contribution in [2.75, 3.05) is 0 Å². The van der Waals surface area contributed by atoms with Gasteiger partial charge in [-0.15, -0.1) is 10.2 Å². The Kier molecular flexibility index (Phi) is 2.06. The van der Waals surface area contributed by atoms with Crippen LogP contribution in [0.5, 0.6) is 0 Å². The van der Waals surface area contributed by atoms with E-state index in [1.54, 1.807) is 21.7 Å². The molecule has 0 saturated carbocycles. The third kappa shape index (κ3) is 1.50. The fourth-order valence-electron chi connectivity index (χ4n) is 1.86. The van der Waals surface area contributed by atoms with Crippen LogP contribution in [0.2, 0.25) is 0 Å². The second-order valence-electron chi connectivity index (χ2n) is 3.94. The Labute approximate surface area is 111 Å². The predicted molar refractivity (Wildman–Crippen MR) is 68.6 cm³/mol. The summed E-state index contributed by atoms with van der Waals surface area (Å²) in [5.74, 6) is 1.25. The minimum Gasteiger partial charge on any atom is -0.461 e. The molecule has 0 N–H and O–H groups in total. The van der Waals surface area contributed by atoms with Gasteiger partial charge in [0.05, 0.1) is 12.0 Å². The van der Waals surface area contributed by atoms with Crippen molar-refractivity contribution in [2.45, 2.75) is 0 Å². The zero-order valence-electron chi connectivity index (χ0n) is 9.89. The van der Waals surface area contributed by atoms with Gasteiger partial charge < -0.3 is 4.42 Å². The molecule has 19 heavy (non-hydrogen) atoms. The molecule has 0 aliphatic carbocycles. The quantitative estimate of drug-likeness (QED) is 0.556. The number of hydrogen-bond acceptors (Lipinski definition) is 6. The number of fused-ring (bicyclic) bond motifs is 1. The maximum Gasteiger partial charge on any atom is 0.235 e. The Balaban J connectivity index is 1.92. The molecule has 0 unspecified atom stereocenters. The second-order valence-corrected chi connectivity index (χ2v) is 4.90. The van der Waals surface area contributed by atoms with Crippen molar-refractivity contribution in [2.24, 2.45) is 7.05 Å². The fourth-order valence-corrected chi connectivity index (χ4v) is 2.76. The van der Waals surface area contributed by atoms with E-state index in [9.17, 15) is 0 Å². The summed E-state index contributed by atoms with van der Waals surface area (Å²) in [6.45, 7) is 0. The number of furan rings is 1. The summed E-state index contributed by atoms with van der Waals surface area (Å²) >= 11 is 1.46. The van der Waals surface area contributed by atoms with Crippen molar-refractivity contribution >= 4 is 16.3 Å². The molecule has 94 valence electrons. The van der Waals surface area contributed by atoms with Gasteiger partial charge in [0.25, 0.3) is 0 Å². The van der Waals surface area contributed by atoms with Crippen LogP contribution in [0.25, 0.3) is 27.2 Å². The molecule has 0 fully saturated rings. The van der Waals surface area contributed by atoms with Gasteiger partial charge in [-0.3, -0.25) is 4.68 Å². The number of aryl methyl sites for hydroxylation is 1. The molecule has 0 bridgehead atoms. The molecule has 8 heteroatoms. The second kappa shape index (κ2) is 3.75. The van der Waals surface area contributed by atoms with E-state index in [0.717, 1.165) is 15.7 Å². The van der Waals surface area contributed by atoms with Crippen molar-refractivity contribution in [3.05, 3.63) is 30.7 Å². The Morgan fingerprint density at radius 1 is 1.26 bits per heavy atom. The summed E-state index contributed by atoms with van der Waals surface area (Å²) in [4.78, 5) is 0.725. The first-order chi connectivity index (χ1) is 9.33. The summed E-state index contributed by atoms with van der Waals surface area (Å²) in [6, 6.07) is 5.56. The molecule has 0 amide bonds. The average molecular weight is 272 g/mol. The number of aromatic nitrogens is 6. The van der Waals surface area contributed by atoms with E-state index in [1.165, 1.54) is 11.3 Å². The summed E-state index contributed by atoms with van der Waals surface area (Å²) in [5.41, 5.74) is 0.945. The molecule has 0 radical (unpaired) electrons. The van der Waals surface area contributed by atoms with E-state index in [2.05, 4.69) is 20.4 Å². The molecule has 0 saturated heterocycles. The Morgan fingerprint density at radius 2 is 2.21 bits per heavy atom. The third-order valence-electron chi connectivity index (χ3n) is 2.77. The molecule has 4 aromatic rings. The van der Waals surface area contributed by atoms with Gasteiger partial charge >= 0.3 is 0 Å². The number of rotatable bonds is 2. The highest BCUT2D eigenvalue weighted by Gasteiger charge is 2.17. The molecule has 4 aromatic heterocycles. The maximum atomic E-state index is 5.33. The molecule has 0 spiro atoms. The van der Waals surface area contributed by atoms with Crippen molar-refractivity contribution in [1.29, 1.82) is 0 Å². The predicted octanol–water partition coefficient (Wildman–Crippen LogP) is 1.85. The highest BCUT2D eigenvalue weighted by Crippen LogP contribution is 2.27. The zero-order chi connectivity index (χ0) is 12.8. The highest BCUT2D eigenvalue weighted by molar-refractivity contribution is 7.19. The van der Waals surface area contributed by atoms with Gasteiger partial charge in [-0.2, -0.15) is 14.7 Å². The van der Waals surface area contributed by atoms with Crippen LogP contribution in [0.4, 0.5) is 0 Å². The molecular weight excluding hydrogens is 264 g/mol. The minimum atomic E-state index is 0.602. The van der Waals surface area contributed by atoms with E-state index in [1.807, 2.05) is 25.2 Å². The summed E-state index contributed by atoms with van der Waals surface area (Å²) in [7, 11) is 1.88. The summed E-state index contributed by atoms with van der Waals surface area (Å²) in [5, 5.41) is 17.7. The van der Waals surface area contributed by atoms with E-state index < -0.39 is 0 Å². The largest absolute Gasteiger partial charge is 0.461 e. The topological polar surface area (TPSA) is 74.0 Å². The smallest absolute Gasteiger partial charge is 0.235 e. The van der Waals surface area contributed by atoms with Crippen molar-refractivity contribution in [1.82, 2.24) is 29.6 Å². The van der Waals surface area contributed by atoms with Gasteiger partial charge in [0.2, 0.25) is 10.8 Å². The van der Waals surface area contributed by atoms with E-state index in [-0.39, 0.29) is 0 Å². The third-order valence-corrected chi connectivity index (χ3v) is 3.69. The van der Waals surface area contributed by atoms with E-state index in [0.29, 0.717) is 11.6 Å². The van der Waals surface area contributed by atoms with Gasteiger partial charge in [-0.1, -0.05) is 11.3 Å². The van der Waals surface area contributed by atoms with Crippen LogP contribution in [-0.2, 0) is 7.05 Å². The molecule has 4 heterocycles. The van der Waals surface area contributed by atoms with E-state index >= 15 is 0 Å². The van der Waals surface area contributed by atoms with Crippen molar-refractivity contribution in [3.8, 4) is 22.3 Å². The van der Waals surface area contributed by atoms with Gasteiger partial charge in [0.15, 0.2) is 10.8 Å². The van der Waals surface area contributed by atoms with Crippen molar-refractivity contribution in [3.63, 3.8) is 0 Å². The molecule has 0 atom stereocenters. The van der Waals surface area contributed by atoms with Crippen LogP contribution < -0.4 is 0 Å². The lowest BCUT2D eigenvalue weighted by molar-refractivity contribution is 0.575. The maximum absolute atomic E-state index is 5.33. The van der Waals surface area contributed by atoms with Crippen LogP contribution in [-0.4, -0.2) is 29.6 Å². The van der Waals surface area contributed by atoms with Gasteiger partial charge in [-0.05, 0) is 18.2 Å². The normalized spacial score (nSPS) is 11.4. The lowest BCUT2D eigenvalue weighted by atomic mass is 10.4. The molecule has 0 aliphatic heterocycles. The summed E-state index contributed by atoms with van der Waals surface area (Å²) in [6.07, 6.45) is 3.34. The van der Waals surface area contributed by atoms with Crippen LogP contribution in [0, 0.1) is 0 Å². The van der Waals surface area contributed by atoms with E-state index in [4.69, 9.17) is 4.42 Å². The minimum absolute atomic E-state index is 0.602. The molecule has 4 rings (SSSR count). The zero-order valence-corrected chi connectivity index (χ0v) is 10.7. The number of nitrogens with zero attached hydrogens (tertiary/aromatic N) is 6. The van der Waals surface area contributed by atoms with Gasteiger partial charge in [-0.25, -0.2) is 0 Å². The van der Waals surface area contributed by atoms with Crippen molar-refractivity contribution < 1.29 is 4.42 Å². The Bertz CT molecular complexity index is 840. The van der Waals surface area contributed by atoms with Gasteiger partial charge in [0.1, 0.15) is 0 Å². The molecule has 0 aliphatic rings. The monoisotopic (exact) mass is 272 g/mol.